The molecular weight excluding hydrogens is 1070 g/mol. The first kappa shape index (κ1) is 62.7. The Morgan fingerprint density at radius 3 is 1.76 bits per heavy atom. The summed E-state index contributed by atoms with van der Waals surface area (Å²) in [7, 11) is 0. The van der Waals surface area contributed by atoms with E-state index in [0.29, 0.717) is 28.4 Å². The van der Waals surface area contributed by atoms with E-state index in [1.54, 1.807) is 30.3 Å². The Bertz CT molecular complexity index is 2750. The number of aromatic hydroxyl groups is 1. The number of phenolic OH excluding ortho intramolecular Hbond substituents is 1. The van der Waals surface area contributed by atoms with Crippen molar-refractivity contribution in [2.24, 2.45) is 5.73 Å². The smallest absolute Gasteiger partial charge is 0.303 e. The third-order valence-corrected chi connectivity index (χ3v) is 15.0. The standard InChI is InChI=1S/C55H67N9O14S2/c1-2-3-15-46(67)58-43-32-80-31-36-13-8-7-12-35(36)30-79-26-24-57-49(72)38(20-22-47(68)69)59-50(73)39(21-23-48(70)71)60-51(74)41(27-33-10-5-4-6-11-33)62-54(77)44-14-9-25-64(44)55(78)42(29-45(56)66)63-52(75)40(61-53(43)76)28-34-16-18-37(65)19-17-34/h1,4-8,10-13,16-19,38-44,65H,3,9,14-15,20-32H2,(H2,56,66)(H,57,72)(H,58,67)(H,59,73)(H,60,74)(H,61,76)(H,62,77)(H,63,75)(H,68,69)(H,70,71)/t38-,39-,40-,41-,42-,43-,44-/m0/s1. The van der Waals surface area contributed by atoms with Crippen LogP contribution in [0.5, 0.6) is 5.75 Å². The molecule has 0 radical (unpaired) electrons. The number of nitrogens with two attached hydrogens (primary N) is 1. The van der Waals surface area contributed by atoms with Crippen LogP contribution in [0.25, 0.3) is 0 Å². The number of terminal acetylenes is 1. The number of aliphatic carboxylic acids is 2. The van der Waals surface area contributed by atoms with Gasteiger partial charge in [-0.3, -0.25) is 52.7 Å². The molecule has 0 spiro atoms. The van der Waals surface area contributed by atoms with E-state index in [9.17, 15) is 68.1 Å². The van der Waals surface area contributed by atoms with E-state index in [2.05, 4.69) is 43.1 Å². The van der Waals surface area contributed by atoms with Gasteiger partial charge in [-0.1, -0.05) is 66.7 Å². The summed E-state index contributed by atoms with van der Waals surface area (Å²) < 4.78 is 0. The highest BCUT2D eigenvalue weighted by molar-refractivity contribution is 7.98. The summed E-state index contributed by atoms with van der Waals surface area (Å²) in [6, 6.07) is 11.4. The third kappa shape index (κ3) is 20.6. The molecule has 0 saturated carbocycles. The van der Waals surface area contributed by atoms with E-state index >= 15 is 0 Å². The summed E-state index contributed by atoms with van der Waals surface area (Å²) in [5, 5.41) is 47.6. The molecule has 2 heterocycles. The second kappa shape index (κ2) is 32.1. The number of phenols is 1. The fourth-order valence-corrected chi connectivity index (χ4v) is 10.8. The molecule has 80 heavy (non-hydrogen) atoms. The number of hydrogen-bond donors (Lipinski definition) is 11. The van der Waals surface area contributed by atoms with Crippen LogP contribution in [0.2, 0.25) is 0 Å². The van der Waals surface area contributed by atoms with Crippen LogP contribution in [0.1, 0.15) is 80.0 Å². The van der Waals surface area contributed by atoms with Crippen LogP contribution in [0.15, 0.2) is 78.9 Å². The zero-order chi connectivity index (χ0) is 58.1. The minimum atomic E-state index is -1.70. The largest absolute Gasteiger partial charge is 0.508 e. The molecule has 1 fully saturated rings. The number of amides is 9. The van der Waals surface area contributed by atoms with Crippen LogP contribution >= 0.6 is 23.5 Å². The van der Waals surface area contributed by atoms with Gasteiger partial charge in [0.05, 0.1) is 6.42 Å². The number of rotatable bonds is 15. The molecule has 3 aromatic rings. The summed E-state index contributed by atoms with van der Waals surface area (Å²) in [5.74, 6) is -6.84. The van der Waals surface area contributed by atoms with E-state index in [1.807, 2.05) is 24.3 Å². The van der Waals surface area contributed by atoms with Crippen molar-refractivity contribution < 1.29 is 68.1 Å². The summed E-state index contributed by atoms with van der Waals surface area (Å²) in [6.45, 7) is 0.0268. The second-order valence-corrected chi connectivity index (χ2v) is 21.2. The maximum atomic E-state index is 14.6. The van der Waals surface area contributed by atoms with Crippen molar-refractivity contribution in [1.29, 1.82) is 0 Å². The number of nitrogens with zero attached hydrogens (tertiary/aromatic N) is 1. The van der Waals surface area contributed by atoms with Crippen LogP contribution in [0.4, 0.5) is 0 Å². The second-order valence-electron chi connectivity index (χ2n) is 19.0. The summed E-state index contributed by atoms with van der Waals surface area (Å²) in [4.78, 5) is 150. The van der Waals surface area contributed by atoms with E-state index in [4.69, 9.17) is 12.2 Å². The van der Waals surface area contributed by atoms with Crippen LogP contribution < -0.4 is 43.0 Å². The quantitative estimate of drug-likeness (QED) is 0.0917. The molecule has 0 aromatic heterocycles. The monoisotopic (exact) mass is 1140 g/mol. The van der Waals surface area contributed by atoms with Crippen LogP contribution in [0.3, 0.4) is 0 Å². The number of carbonyl (C=O) groups excluding carboxylic acids is 9. The van der Waals surface area contributed by atoms with Crippen molar-refractivity contribution in [3.05, 3.63) is 101 Å². The van der Waals surface area contributed by atoms with Crippen molar-refractivity contribution in [2.45, 2.75) is 124 Å². The zero-order valence-electron chi connectivity index (χ0n) is 43.8. The van der Waals surface area contributed by atoms with Crippen molar-refractivity contribution in [2.75, 3.05) is 24.6 Å². The van der Waals surface area contributed by atoms with Crippen molar-refractivity contribution in [3.8, 4) is 18.1 Å². The van der Waals surface area contributed by atoms with Crippen molar-refractivity contribution >= 4 is 88.6 Å². The number of benzene rings is 3. The lowest BCUT2D eigenvalue weighted by atomic mass is 10.0. The Kier molecular flexibility index (Phi) is 25.2. The molecule has 23 nitrogen and oxygen atoms in total. The van der Waals surface area contributed by atoms with E-state index in [1.165, 1.54) is 47.8 Å². The third-order valence-electron chi connectivity index (χ3n) is 13.0. The molecule has 5 rings (SSSR count). The zero-order valence-corrected chi connectivity index (χ0v) is 45.5. The van der Waals surface area contributed by atoms with Crippen molar-refractivity contribution in [3.63, 3.8) is 0 Å². The average molecular weight is 1140 g/mol. The van der Waals surface area contributed by atoms with Gasteiger partial charge in [0.25, 0.3) is 0 Å². The minimum Gasteiger partial charge on any atom is -0.508 e. The van der Waals surface area contributed by atoms with Gasteiger partial charge in [0.2, 0.25) is 53.2 Å². The number of carboxylic acids is 2. The SMILES string of the molecule is C#CCCC(=O)N[C@H]1CSCc2ccccc2CSCCNC(=O)[C@H](CCC(=O)O)NC(=O)[C@H](CCC(=O)O)NC(=O)[C@H](Cc2ccccc2)NC(=O)[C@@H]2CCCN2C(=O)[C@H](CC(N)=O)NC(=O)[C@H](Cc2ccc(O)cc2)NC1=O. The molecule has 0 bridgehead atoms. The minimum absolute atomic E-state index is 0.00361. The molecule has 9 amide bonds. The number of fused-ring (bicyclic) bond motifs is 2. The van der Waals surface area contributed by atoms with Gasteiger partial charge in [-0.05, 0) is 60.1 Å². The molecule has 7 atom stereocenters. The Hall–Kier alpha value is -8.11. The van der Waals surface area contributed by atoms with Gasteiger partial charge in [-0.25, -0.2) is 0 Å². The molecule has 3 aromatic carbocycles. The van der Waals surface area contributed by atoms with E-state index < -0.39 is 133 Å². The molecular formula is C55H67N9O14S2. The van der Waals surface area contributed by atoms with E-state index in [0.717, 1.165) is 16.0 Å². The molecule has 428 valence electrons. The Morgan fingerprint density at radius 2 is 1.18 bits per heavy atom. The molecule has 1 saturated heterocycles. The lowest BCUT2D eigenvalue weighted by Gasteiger charge is -2.31. The van der Waals surface area contributed by atoms with Gasteiger partial charge in [0.1, 0.15) is 48.0 Å². The highest BCUT2D eigenvalue weighted by Crippen LogP contribution is 2.23. The first-order valence-corrected chi connectivity index (χ1v) is 28.2. The summed E-state index contributed by atoms with van der Waals surface area (Å²) in [5.41, 5.74) is 8.43. The van der Waals surface area contributed by atoms with Gasteiger partial charge < -0.3 is 63.2 Å². The fourth-order valence-electron chi connectivity index (χ4n) is 8.78. The van der Waals surface area contributed by atoms with Gasteiger partial charge in [0.15, 0.2) is 0 Å². The first-order chi connectivity index (χ1) is 38.3. The fraction of sp³-hybridized carbons (Fsp3) is 0.436. The number of carboxylic acid groups (broad SMARTS) is 2. The van der Waals surface area contributed by atoms with Gasteiger partial charge >= 0.3 is 11.9 Å². The predicted molar refractivity (Wildman–Crippen MR) is 296 cm³/mol. The number of hydrogen-bond acceptors (Lipinski definition) is 14. The van der Waals surface area contributed by atoms with Crippen LogP contribution in [0, 0.1) is 12.3 Å². The number of nitrogens with one attached hydrogen (secondary N) is 7. The first-order valence-electron chi connectivity index (χ1n) is 25.9. The lowest BCUT2D eigenvalue weighted by Crippen LogP contribution is -2.60. The van der Waals surface area contributed by atoms with Gasteiger partial charge in [0, 0.05) is 74.6 Å². The predicted octanol–water partition coefficient (Wildman–Crippen LogP) is 0.392. The summed E-state index contributed by atoms with van der Waals surface area (Å²) >= 11 is 2.75. The average Bonchev–Trinajstić information content (AvgIpc) is 3.95. The Balaban J connectivity index is 1.53. The summed E-state index contributed by atoms with van der Waals surface area (Å²) in [6.07, 6.45) is 2.53. The Morgan fingerprint density at radius 1 is 0.650 bits per heavy atom. The maximum Gasteiger partial charge on any atom is 0.303 e. The molecule has 25 heteroatoms. The van der Waals surface area contributed by atoms with Crippen LogP contribution in [-0.2, 0) is 77.1 Å². The topological polar surface area (TPSA) is 362 Å². The number of thioether (sulfide) groups is 2. The highest BCUT2D eigenvalue weighted by Gasteiger charge is 2.41. The molecule has 2 aliphatic rings. The molecule has 12 N–H and O–H groups in total. The molecule has 0 unspecified atom stereocenters. The van der Waals surface area contributed by atoms with Gasteiger partial charge in [-0.15, -0.1) is 12.3 Å². The van der Waals surface area contributed by atoms with Gasteiger partial charge in [-0.2, -0.15) is 23.5 Å². The number of primary amides is 1. The van der Waals surface area contributed by atoms with E-state index in [-0.39, 0.29) is 69.5 Å². The normalized spacial score (nSPS) is 22.5. The highest BCUT2D eigenvalue weighted by atomic mass is 32.2. The lowest BCUT2D eigenvalue weighted by molar-refractivity contribution is -0.143. The maximum absolute atomic E-state index is 14.6. The number of carbonyl (C=O) groups is 11. The van der Waals surface area contributed by atoms with Crippen LogP contribution in [-0.4, -0.2) is 152 Å². The Labute approximate surface area is 470 Å². The molecule has 0 aliphatic carbocycles. The molecule has 2 aliphatic heterocycles. The van der Waals surface area contributed by atoms with Crippen molar-refractivity contribution in [1.82, 2.24) is 42.1 Å².